The van der Waals surface area contributed by atoms with Gasteiger partial charge in [0.15, 0.2) is 6.10 Å². The summed E-state index contributed by atoms with van der Waals surface area (Å²) in [6, 6.07) is 1.12. The smallest absolute Gasteiger partial charge is 0.425 e. The first-order valence-corrected chi connectivity index (χ1v) is 6.48. The molecular formula is C13H13F4N3O3. The summed E-state index contributed by atoms with van der Waals surface area (Å²) in [4.78, 5) is 13.9. The lowest BCUT2D eigenvalue weighted by atomic mass is 9.84. The third kappa shape index (κ3) is 3.20. The molecule has 2 rings (SSSR count). The number of ether oxygens (including phenoxy) is 1. The molecule has 1 aliphatic rings. The normalized spacial score (nSPS) is 24.8. The Bertz CT molecular complexity index is 690. The topological polar surface area (TPSA) is 90.8 Å². The molecule has 0 radical (unpaired) electrons. The van der Waals surface area contributed by atoms with Gasteiger partial charge in [-0.2, -0.15) is 13.2 Å². The minimum Gasteiger partial charge on any atom is -0.452 e. The van der Waals surface area contributed by atoms with Crippen LogP contribution in [0.2, 0.25) is 0 Å². The van der Waals surface area contributed by atoms with E-state index in [4.69, 9.17) is 5.73 Å². The van der Waals surface area contributed by atoms with E-state index in [0.717, 1.165) is 12.1 Å². The van der Waals surface area contributed by atoms with Crippen molar-refractivity contribution in [3.05, 3.63) is 39.2 Å². The minimum atomic E-state index is -4.73. The summed E-state index contributed by atoms with van der Waals surface area (Å²) in [7, 11) is 0. The molecule has 0 aliphatic carbocycles. The Kier molecular flexibility index (Phi) is 3.95. The van der Waals surface area contributed by atoms with Gasteiger partial charge in [-0.05, 0) is 19.4 Å². The maximum absolute atomic E-state index is 14.4. The number of benzene rings is 1. The number of nitrogens with two attached hydrogens (primary N) is 1. The molecule has 2 N–H and O–H groups in total. The highest BCUT2D eigenvalue weighted by Crippen LogP contribution is 2.42. The van der Waals surface area contributed by atoms with Gasteiger partial charge in [-0.15, -0.1) is 0 Å². The van der Waals surface area contributed by atoms with Crippen molar-refractivity contribution >= 4 is 11.7 Å². The number of hydrogen-bond donors (Lipinski definition) is 1. The van der Waals surface area contributed by atoms with Gasteiger partial charge in [0.2, 0.25) is 0 Å². The number of nitrogens with zero attached hydrogens (tertiary/aromatic N) is 2. The quantitative estimate of drug-likeness (QED) is 0.511. The number of hydrogen-bond acceptors (Lipinski definition) is 5. The Labute approximate surface area is 128 Å². The minimum absolute atomic E-state index is 0.0701. The molecule has 0 fully saturated rings. The largest absolute Gasteiger partial charge is 0.452 e. The van der Waals surface area contributed by atoms with E-state index < -0.39 is 46.7 Å². The second-order valence-corrected chi connectivity index (χ2v) is 5.46. The van der Waals surface area contributed by atoms with Crippen molar-refractivity contribution < 1.29 is 27.2 Å². The van der Waals surface area contributed by atoms with Gasteiger partial charge in [0.05, 0.1) is 10.5 Å². The Balaban J connectivity index is 2.59. The van der Waals surface area contributed by atoms with Gasteiger partial charge in [-0.1, -0.05) is 0 Å². The van der Waals surface area contributed by atoms with Crippen LogP contribution >= 0.6 is 0 Å². The molecule has 23 heavy (non-hydrogen) atoms. The predicted octanol–water partition coefficient (Wildman–Crippen LogP) is 2.92. The number of amidine groups is 1. The molecule has 10 heteroatoms. The van der Waals surface area contributed by atoms with Gasteiger partial charge in [-0.25, -0.2) is 9.38 Å². The Morgan fingerprint density at radius 3 is 2.61 bits per heavy atom. The van der Waals surface area contributed by atoms with E-state index in [0.29, 0.717) is 0 Å². The van der Waals surface area contributed by atoms with E-state index >= 15 is 0 Å². The van der Waals surface area contributed by atoms with Crippen molar-refractivity contribution in [2.75, 3.05) is 0 Å². The third-order valence-electron chi connectivity index (χ3n) is 3.60. The molecule has 0 bridgehead atoms. The van der Waals surface area contributed by atoms with Crippen molar-refractivity contribution in [3.8, 4) is 0 Å². The van der Waals surface area contributed by atoms with Gasteiger partial charge in [-0.3, -0.25) is 10.1 Å². The molecule has 0 aromatic heterocycles. The number of nitro benzene ring substituents is 1. The zero-order valence-electron chi connectivity index (χ0n) is 12.1. The van der Waals surface area contributed by atoms with Gasteiger partial charge in [0.1, 0.15) is 5.82 Å². The summed E-state index contributed by atoms with van der Waals surface area (Å²) in [5.41, 5.74) is 2.72. The second kappa shape index (κ2) is 5.36. The first-order valence-electron chi connectivity index (χ1n) is 6.48. The van der Waals surface area contributed by atoms with Crippen LogP contribution in [0.25, 0.3) is 0 Å². The van der Waals surface area contributed by atoms with E-state index in [1.165, 1.54) is 13.8 Å². The fourth-order valence-corrected chi connectivity index (χ4v) is 2.46. The molecule has 126 valence electrons. The van der Waals surface area contributed by atoms with Crippen LogP contribution in [0, 0.1) is 22.9 Å². The number of halogens is 4. The molecular weight excluding hydrogens is 322 g/mol. The fraction of sp³-hybridized carbons (Fsp3) is 0.462. The first kappa shape index (κ1) is 17.0. The summed E-state index contributed by atoms with van der Waals surface area (Å²) in [6.45, 7) is 2.51. The van der Waals surface area contributed by atoms with Gasteiger partial charge in [0.25, 0.3) is 11.7 Å². The molecule has 0 amide bonds. The highest BCUT2D eigenvalue weighted by atomic mass is 19.4. The van der Waals surface area contributed by atoms with Gasteiger partial charge >= 0.3 is 6.18 Å². The lowest BCUT2D eigenvalue weighted by molar-refractivity contribution is -0.385. The maximum Gasteiger partial charge on any atom is 0.425 e. The van der Waals surface area contributed by atoms with Crippen LogP contribution in [-0.2, 0) is 10.3 Å². The highest BCUT2D eigenvalue weighted by molar-refractivity contribution is 5.73. The second-order valence-electron chi connectivity index (χ2n) is 5.46. The number of aliphatic imine (C=N–C) groups is 1. The maximum atomic E-state index is 14.4. The Morgan fingerprint density at radius 1 is 1.48 bits per heavy atom. The number of nitro groups is 1. The van der Waals surface area contributed by atoms with Crippen molar-refractivity contribution in [3.63, 3.8) is 0 Å². The predicted molar refractivity (Wildman–Crippen MR) is 72.3 cm³/mol. The van der Waals surface area contributed by atoms with Crippen LogP contribution in [0.5, 0.6) is 0 Å². The number of rotatable bonds is 2. The Hall–Kier alpha value is -2.39. The molecule has 1 aliphatic heterocycles. The van der Waals surface area contributed by atoms with Crippen LogP contribution in [0.4, 0.5) is 23.2 Å². The lowest BCUT2D eigenvalue weighted by Crippen LogP contribution is -2.46. The fourth-order valence-electron chi connectivity index (χ4n) is 2.46. The van der Waals surface area contributed by atoms with Crippen LogP contribution in [0.15, 0.2) is 17.1 Å². The molecule has 0 saturated heterocycles. The van der Waals surface area contributed by atoms with E-state index in [2.05, 4.69) is 9.73 Å². The highest BCUT2D eigenvalue weighted by Gasteiger charge is 2.50. The summed E-state index contributed by atoms with van der Waals surface area (Å²) in [6.07, 6.45) is -7.74. The molecule has 1 aromatic carbocycles. The van der Waals surface area contributed by atoms with E-state index in [9.17, 15) is 27.7 Å². The van der Waals surface area contributed by atoms with Gasteiger partial charge in [0, 0.05) is 24.1 Å². The van der Waals surface area contributed by atoms with E-state index in [1.54, 1.807) is 0 Å². The summed E-state index contributed by atoms with van der Waals surface area (Å²) in [5, 5.41) is 10.9. The lowest BCUT2D eigenvalue weighted by Gasteiger charge is -2.35. The van der Waals surface area contributed by atoms with Gasteiger partial charge < -0.3 is 10.5 Å². The number of non-ortho nitro benzene ring substituents is 1. The average Bonchev–Trinajstić information content (AvgIpc) is 2.39. The van der Waals surface area contributed by atoms with Crippen molar-refractivity contribution in [2.45, 2.75) is 38.1 Å². The van der Waals surface area contributed by atoms with E-state index in [-0.39, 0.29) is 11.1 Å². The van der Waals surface area contributed by atoms with Crippen LogP contribution < -0.4 is 5.73 Å². The van der Waals surface area contributed by atoms with Crippen molar-refractivity contribution in [1.82, 2.24) is 0 Å². The number of aryl methyl sites for hydroxylation is 1. The zero-order valence-corrected chi connectivity index (χ0v) is 12.1. The number of alkyl halides is 3. The van der Waals surface area contributed by atoms with E-state index in [1.807, 2.05) is 0 Å². The van der Waals surface area contributed by atoms with Crippen molar-refractivity contribution in [1.29, 1.82) is 0 Å². The third-order valence-corrected chi connectivity index (χ3v) is 3.60. The Morgan fingerprint density at radius 2 is 2.09 bits per heavy atom. The molecule has 0 unspecified atom stereocenters. The molecule has 6 nitrogen and oxygen atoms in total. The summed E-state index contributed by atoms with van der Waals surface area (Å²) in [5.74, 6) is -0.863. The summed E-state index contributed by atoms with van der Waals surface area (Å²) < 4.78 is 57.6. The SMILES string of the molecule is Cc1cc([N+](=O)[O-])cc([C@]2(C)C[C@@H](C(F)(F)F)OC(N)=N2)c1F. The van der Waals surface area contributed by atoms with Crippen LogP contribution in [0.1, 0.15) is 24.5 Å². The van der Waals surface area contributed by atoms with Crippen LogP contribution in [0.3, 0.4) is 0 Å². The zero-order chi connectivity index (χ0) is 17.6. The standard InChI is InChI=1S/C13H13F4N3O3/c1-6-3-7(20(21)22)4-8(10(6)14)12(2)5-9(13(15,16)17)23-11(18)19-12/h3-4,9H,5H2,1-2H3,(H2,18,19)/t9-,12-/m0/s1. The molecule has 1 aromatic rings. The average molecular weight is 335 g/mol. The summed E-state index contributed by atoms with van der Waals surface area (Å²) >= 11 is 0. The van der Waals surface area contributed by atoms with Crippen LogP contribution in [-0.4, -0.2) is 23.2 Å². The molecule has 0 spiro atoms. The van der Waals surface area contributed by atoms with Crippen molar-refractivity contribution in [2.24, 2.45) is 10.7 Å². The monoisotopic (exact) mass is 335 g/mol. The molecule has 0 saturated carbocycles. The molecule has 1 heterocycles. The first-order chi connectivity index (χ1) is 10.4. The molecule has 2 atom stereocenters.